The number of hydrazone groups is 1. The second-order valence-corrected chi connectivity index (χ2v) is 10.4. The molecule has 3 aromatic carbocycles. The average molecular weight is 561 g/mol. The first-order chi connectivity index (χ1) is 19.1. The molecule has 0 aliphatic rings. The number of carbonyl (C=O) groups is 1. The molecule has 1 aromatic heterocycles. The van der Waals surface area contributed by atoms with Crippen LogP contribution in [0.2, 0.25) is 5.02 Å². The number of rotatable bonds is 14. The van der Waals surface area contributed by atoms with Gasteiger partial charge in [0.1, 0.15) is 5.75 Å². The summed E-state index contributed by atoms with van der Waals surface area (Å²) in [6, 6.07) is 22.6. The van der Waals surface area contributed by atoms with Crippen molar-refractivity contribution in [1.82, 2.24) is 10.4 Å². The van der Waals surface area contributed by atoms with Gasteiger partial charge in [-0.3, -0.25) is 4.79 Å². The number of hydrogen-bond acceptors (Lipinski definition) is 6. The number of benzene rings is 3. The summed E-state index contributed by atoms with van der Waals surface area (Å²) in [4.78, 5) is 17.3. The van der Waals surface area contributed by atoms with E-state index in [9.17, 15) is 4.79 Å². The van der Waals surface area contributed by atoms with Crippen molar-refractivity contribution < 1.29 is 9.53 Å². The van der Waals surface area contributed by atoms with E-state index in [1.54, 1.807) is 30.5 Å². The number of anilines is 2. The molecule has 0 aliphatic carbocycles. The summed E-state index contributed by atoms with van der Waals surface area (Å²) >= 11 is 7.71. The van der Waals surface area contributed by atoms with Crippen molar-refractivity contribution in [3.63, 3.8) is 0 Å². The van der Waals surface area contributed by atoms with E-state index in [4.69, 9.17) is 16.3 Å². The number of amides is 1. The molecule has 202 valence electrons. The summed E-state index contributed by atoms with van der Waals surface area (Å²) in [6.45, 7) is 2.85. The lowest BCUT2D eigenvalue weighted by Gasteiger charge is -2.09. The van der Waals surface area contributed by atoms with Crippen molar-refractivity contribution in [3.8, 4) is 17.0 Å². The van der Waals surface area contributed by atoms with Crippen LogP contribution < -0.4 is 15.5 Å². The molecule has 0 aliphatic heterocycles. The predicted molar refractivity (Wildman–Crippen MR) is 163 cm³/mol. The van der Waals surface area contributed by atoms with E-state index >= 15 is 0 Å². The maximum atomic E-state index is 12.7. The van der Waals surface area contributed by atoms with Gasteiger partial charge in [-0.1, -0.05) is 81.0 Å². The Balaban J connectivity index is 1.29. The fourth-order valence-corrected chi connectivity index (χ4v) is 4.86. The molecule has 1 heterocycles. The van der Waals surface area contributed by atoms with Crippen LogP contribution in [0.5, 0.6) is 5.75 Å². The van der Waals surface area contributed by atoms with E-state index in [-0.39, 0.29) is 5.91 Å². The topological polar surface area (TPSA) is 75.6 Å². The molecular weight excluding hydrogens is 528 g/mol. The number of nitrogens with zero attached hydrogens (tertiary/aromatic N) is 2. The van der Waals surface area contributed by atoms with Crippen LogP contribution in [0.15, 0.2) is 83.3 Å². The van der Waals surface area contributed by atoms with Gasteiger partial charge < -0.3 is 10.1 Å². The first-order valence-corrected chi connectivity index (χ1v) is 14.5. The number of para-hydroxylation sites is 1. The van der Waals surface area contributed by atoms with Gasteiger partial charge in [-0.05, 0) is 48.9 Å². The zero-order valence-electron chi connectivity index (χ0n) is 22.0. The van der Waals surface area contributed by atoms with Gasteiger partial charge in [0.2, 0.25) is 0 Å². The van der Waals surface area contributed by atoms with Gasteiger partial charge in [0.05, 0.1) is 18.5 Å². The number of nitrogens with one attached hydrogen (secondary N) is 2. The third-order valence-electron chi connectivity index (χ3n) is 6.07. The van der Waals surface area contributed by atoms with Gasteiger partial charge in [0.15, 0.2) is 5.13 Å². The number of aromatic nitrogens is 1. The van der Waals surface area contributed by atoms with Crippen molar-refractivity contribution in [1.29, 1.82) is 0 Å². The van der Waals surface area contributed by atoms with Gasteiger partial charge >= 0.3 is 0 Å². The Morgan fingerprint density at radius 3 is 2.56 bits per heavy atom. The third-order valence-corrected chi connectivity index (χ3v) is 7.06. The second-order valence-electron chi connectivity index (χ2n) is 9.10. The predicted octanol–water partition coefficient (Wildman–Crippen LogP) is 8.71. The second kappa shape index (κ2) is 15.0. The van der Waals surface area contributed by atoms with Crippen molar-refractivity contribution >= 4 is 45.9 Å². The monoisotopic (exact) mass is 560 g/mol. The summed E-state index contributed by atoms with van der Waals surface area (Å²) < 4.78 is 5.96. The van der Waals surface area contributed by atoms with Gasteiger partial charge in [-0.15, -0.1) is 11.3 Å². The molecule has 0 radical (unpaired) electrons. The molecule has 0 saturated heterocycles. The summed E-state index contributed by atoms with van der Waals surface area (Å²) in [5.41, 5.74) is 6.56. The Morgan fingerprint density at radius 1 is 1.00 bits per heavy atom. The maximum Gasteiger partial charge on any atom is 0.271 e. The lowest BCUT2D eigenvalue weighted by atomic mass is 10.1. The summed E-state index contributed by atoms with van der Waals surface area (Å²) in [6.07, 6.45) is 8.75. The number of ether oxygens (including phenoxy) is 1. The normalized spacial score (nSPS) is 11.0. The molecule has 0 bridgehead atoms. The minimum Gasteiger partial charge on any atom is -0.493 e. The Kier molecular flexibility index (Phi) is 10.9. The maximum absolute atomic E-state index is 12.7. The molecule has 4 rings (SSSR count). The highest BCUT2D eigenvalue weighted by molar-refractivity contribution is 7.14. The molecule has 4 aromatic rings. The third kappa shape index (κ3) is 8.94. The van der Waals surface area contributed by atoms with Crippen LogP contribution in [-0.4, -0.2) is 23.7 Å². The molecule has 0 atom stereocenters. The van der Waals surface area contributed by atoms with Crippen LogP contribution >= 0.6 is 22.9 Å². The average Bonchev–Trinajstić information content (AvgIpc) is 3.42. The van der Waals surface area contributed by atoms with E-state index in [0.717, 1.165) is 34.9 Å². The molecule has 0 spiro atoms. The van der Waals surface area contributed by atoms with Crippen LogP contribution in [0.4, 0.5) is 10.8 Å². The molecule has 2 N–H and O–H groups in total. The number of hydrogen-bond donors (Lipinski definition) is 2. The minimum absolute atomic E-state index is 0.306. The fourth-order valence-electron chi connectivity index (χ4n) is 3.94. The number of carbonyl (C=O) groups excluding carboxylic acids is 1. The van der Waals surface area contributed by atoms with Crippen LogP contribution in [0.1, 0.15) is 61.4 Å². The standard InChI is InChI=1S/C31H33ClN4O2S/c1-2-3-4-5-6-10-19-38-29-18-17-26(32)20-25(29)21-33-36-30(37)24-15-13-23(14-16-24)28-22-39-31(35-28)34-27-11-8-7-9-12-27/h7-9,11-18,20-22H,2-6,10,19H2,1H3,(H,34,35)(H,36,37)/b33-21+. The Bertz CT molecular complexity index is 1360. The zero-order valence-corrected chi connectivity index (χ0v) is 23.6. The molecular formula is C31H33ClN4O2S. The van der Waals surface area contributed by atoms with Crippen molar-refractivity contribution in [2.24, 2.45) is 5.10 Å². The molecule has 1 amide bonds. The smallest absolute Gasteiger partial charge is 0.271 e. The van der Waals surface area contributed by atoms with Gasteiger partial charge in [-0.2, -0.15) is 5.10 Å². The largest absolute Gasteiger partial charge is 0.493 e. The highest BCUT2D eigenvalue weighted by atomic mass is 35.5. The fraction of sp³-hybridized carbons (Fsp3) is 0.258. The van der Waals surface area contributed by atoms with Gasteiger partial charge in [0, 0.05) is 32.8 Å². The quantitative estimate of drug-likeness (QED) is 0.0918. The minimum atomic E-state index is -0.306. The van der Waals surface area contributed by atoms with Crippen LogP contribution in [-0.2, 0) is 0 Å². The van der Waals surface area contributed by atoms with Crippen molar-refractivity contribution in [3.05, 3.63) is 94.3 Å². The summed E-state index contributed by atoms with van der Waals surface area (Å²) in [5.74, 6) is 0.388. The number of unbranched alkanes of at least 4 members (excludes halogenated alkanes) is 5. The Morgan fingerprint density at radius 2 is 1.77 bits per heavy atom. The molecule has 8 heteroatoms. The van der Waals surface area contributed by atoms with Crippen molar-refractivity contribution in [2.45, 2.75) is 45.4 Å². The van der Waals surface area contributed by atoms with Gasteiger partial charge in [0.25, 0.3) is 5.91 Å². The van der Waals surface area contributed by atoms with E-state index < -0.39 is 0 Å². The zero-order chi connectivity index (χ0) is 27.3. The SMILES string of the molecule is CCCCCCCCOc1ccc(Cl)cc1/C=N/NC(=O)c1ccc(-c2csc(Nc3ccccc3)n2)cc1. The van der Waals surface area contributed by atoms with E-state index in [2.05, 4.69) is 27.8 Å². The van der Waals surface area contributed by atoms with Crippen LogP contribution in [0.3, 0.4) is 0 Å². The van der Waals surface area contributed by atoms with E-state index in [1.807, 2.05) is 53.9 Å². The van der Waals surface area contributed by atoms with Crippen LogP contribution in [0.25, 0.3) is 11.3 Å². The molecule has 0 fully saturated rings. The molecule has 6 nitrogen and oxygen atoms in total. The summed E-state index contributed by atoms with van der Waals surface area (Å²) in [7, 11) is 0. The first-order valence-electron chi connectivity index (χ1n) is 13.3. The van der Waals surface area contributed by atoms with E-state index in [0.29, 0.717) is 28.5 Å². The lowest BCUT2D eigenvalue weighted by molar-refractivity contribution is 0.0955. The Hall–Kier alpha value is -3.68. The number of halogens is 1. The molecule has 39 heavy (non-hydrogen) atoms. The Labute approximate surface area is 239 Å². The van der Waals surface area contributed by atoms with E-state index in [1.165, 1.54) is 37.0 Å². The molecule has 0 unspecified atom stereocenters. The van der Waals surface area contributed by atoms with Crippen LogP contribution in [0, 0.1) is 0 Å². The highest BCUT2D eigenvalue weighted by Gasteiger charge is 2.09. The molecule has 0 saturated carbocycles. The van der Waals surface area contributed by atoms with Crippen molar-refractivity contribution in [2.75, 3.05) is 11.9 Å². The number of thiazole rings is 1. The summed E-state index contributed by atoms with van der Waals surface area (Å²) in [5, 5.41) is 10.8. The first kappa shape index (κ1) is 28.3. The lowest BCUT2D eigenvalue weighted by Crippen LogP contribution is -2.17. The van der Waals surface area contributed by atoms with Gasteiger partial charge in [-0.25, -0.2) is 10.4 Å². The highest BCUT2D eigenvalue weighted by Crippen LogP contribution is 2.27.